The molecule has 13 heteroatoms. The number of hydrogen-bond acceptors (Lipinski definition) is 10. The number of aliphatic hydroxyl groups excluding tert-OH is 1. The van der Waals surface area contributed by atoms with Crippen LogP contribution in [-0.2, 0) is 14.3 Å². The predicted molar refractivity (Wildman–Crippen MR) is 152 cm³/mol. The number of amides is 1. The maximum absolute atomic E-state index is 16.3. The molecule has 0 unspecified atom stereocenters. The van der Waals surface area contributed by atoms with Crippen molar-refractivity contribution in [3.63, 3.8) is 0 Å². The first-order valence-corrected chi connectivity index (χ1v) is 14.7. The Bertz CT molecular complexity index is 1430. The van der Waals surface area contributed by atoms with Crippen LogP contribution >= 0.6 is 11.3 Å². The number of carbonyl (C=O) groups is 2. The number of aliphatic imine (C=N–C) groups is 1. The van der Waals surface area contributed by atoms with E-state index in [-0.39, 0.29) is 44.8 Å². The molecule has 2 aromatic rings. The first kappa shape index (κ1) is 30.2. The number of alkyl halides is 1. The third kappa shape index (κ3) is 5.34. The largest absolute Gasteiger partial charge is 0.463 e. The lowest BCUT2D eigenvalue weighted by Crippen LogP contribution is -2.45. The van der Waals surface area contributed by atoms with Crippen LogP contribution in [0.25, 0.3) is 0 Å². The van der Waals surface area contributed by atoms with Crippen molar-refractivity contribution >= 4 is 29.0 Å². The smallest absolute Gasteiger partial charge is 0.338 e. The summed E-state index contributed by atoms with van der Waals surface area (Å²) < 4.78 is 36.4. The molecule has 1 aromatic carbocycles. The summed E-state index contributed by atoms with van der Waals surface area (Å²) in [6.45, 7) is 6.93. The van der Waals surface area contributed by atoms with Crippen LogP contribution < -0.4 is 5.32 Å². The van der Waals surface area contributed by atoms with Crippen molar-refractivity contribution in [3.05, 3.63) is 63.0 Å². The van der Waals surface area contributed by atoms with Gasteiger partial charge in [0.2, 0.25) is 5.67 Å². The Kier molecular flexibility index (Phi) is 8.23. The first-order chi connectivity index (χ1) is 19.9. The van der Waals surface area contributed by atoms with Crippen LogP contribution in [0.3, 0.4) is 0 Å². The number of fused-ring (bicyclic) bond motifs is 1. The fourth-order valence-electron chi connectivity index (χ4n) is 5.85. The number of esters is 1. The van der Waals surface area contributed by atoms with E-state index in [1.165, 1.54) is 22.3 Å². The zero-order valence-electron chi connectivity index (χ0n) is 23.9. The van der Waals surface area contributed by atoms with Crippen molar-refractivity contribution < 1.29 is 33.3 Å². The highest BCUT2D eigenvalue weighted by molar-refractivity contribution is 7.11. The molecule has 3 atom stereocenters. The standard InChI is InChI=1S/C29H35F2N5O5S/c1-5-41-25(37)21-19(13-35-11-9-29(31)20(35)14-36(26(29)38)15-28(3,4)27(39)40)33-23(24-32-10-12-42-24)34-22(21)17-7-6-8-18(30)16(17)2/h6-8,10,12,20,22,27,39-40H,5,9,11,13-15H2,1-4H3,(H,33,34)/t20-,22-,29+/m0/s1. The summed E-state index contributed by atoms with van der Waals surface area (Å²) in [5.41, 5.74) is -1.81. The van der Waals surface area contributed by atoms with Gasteiger partial charge in [-0.3, -0.25) is 14.7 Å². The number of likely N-dealkylation sites (tertiary alicyclic amines) is 2. The van der Waals surface area contributed by atoms with Gasteiger partial charge in [-0.05, 0) is 31.0 Å². The zero-order chi connectivity index (χ0) is 30.4. The average Bonchev–Trinajstić information content (AvgIpc) is 3.64. The number of aromatic nitrogens is 1. The van der Waals surface area contributed by atoms with Gasteiger partial charge >= 0.3 is 5.97 Å². The van der Waals surface area contributed by atoms with E-state index >= 15 is 4.39 Å². The molecule has 0 radical (unpaired) electrons. The van der Waals surface area contributed by atoms with Crippen LogP contribution in [0.2, 0.25) is 0 Å². The Labute approximate surface area is 246 Å². The fourth-order valence-corrected chi connectivity index (χ4v) is 6.44. The van der Waals surface area contributed by atoms with Gasteiger partial charge in [0.05, 0.1) is 18.2 Å². The summed E-state index contributed by atoms with van der Waals surface area (Å²) in [7, 11) is 0. The molecule has 3 aliphatic heterocycles. The van der Waals surface area contributed by atoms with Crippen molar-refractivity contribution in [2.24, 2.45) is 10.4 Å². The van der Waals surface area contributed by atoms with Gasteiger partial charge in [0, 0.05) is 55.3 Å². The van der Waals surface area contributed by atoms with Gasteiger partial charge in [0.25, 0.3) is 5.91 Å². The Balaban J connectivity index is 1.54. The van der Waals surface area contributed by atoms with Gasteiger partial charge in [-0.1, -0.05) is 26.0 Å². The number of aliphatic hydroxyl groups is 2. The summed E-state index contributed by atoms with van der Waals surface area (Å²) in [4.78, 5) is 39.0. The molecule has 0 aliphatic carbocycles. The van der Waals surface area contributed by atoms with E-state index in [0.717, 1.165) is 0 Å². The van der Waals surface area contributed by atoms with E-state index in [0.29, 0.717) is 27.7 Å². The number of halogens is 2. The van der Waals surface area contributed by atoms with Gasteiger partial charge in [0.1, 0.15) is 11.9 Å². The van der Waals surface area contributed by atoms with Crippen LogP contribution in [0.15, 0.2) is 46.0 Å². The van der Waals surface area contributed by atoms with Crippen molar-refractivity contribution in [2.75, 3.05) is 32.8 Å². The molecular formula is C29H35F2N5O5S. The minimum atomic E-state index is -2.15. The third-order valence-corrected chi connectivity index (χ3v) is 9.07. The van der Waals surface area contributed by atoms with Gasteiger partial charge in [-0.15, -0.1) is 11.3 Å². The highest BCUT2D eigenvalue weighted by Crippen LogP contribution is 2.42. The second-order valence-electron chi connectivity index (χ2n) is 11.6. The average molecular weight is 604 g/mol. The second-order valence-corrected chi connectivity index (χ2v) is 12.5. The van der Waals surface area contributed by atoms with Gasteiger partial charge in [-0.2, -0.15) is 0 Å². The summed E-state index contributed by atoms with van der Waals surface area (Å²) in [6.07, 6.45) is -0.108. The molecule has 1 aromatic heterocycles. The normalized spacial score (nSPS) is 24.7. The van der Waals surface area contributed by atoms with Crippen LogP contribution in [0, 0.1) is 18.2 Å². The SMILES string of the molecule is CCOC(=O)C1=C(CN2CC[C@]3(F)C(=O)N(CC(C)(C)C(O)O)C[C@H]23)NC(c2nccs2)=N[C@H]1c1cccc(F)c1C. The molecule has 3 N–H and O–H groups in total. The molecule has 4 heterocycles. The first-order valence-electron chi connectivity index (χ1n) is 13.9. The zero-order valence-corrected chi connectivity index (χ0v) is 24.8. The number of amidine groups is 1. The number of thiazole rings is 1. The summed E-state index contributed by atoms with van der Waals surface area (Å²) in [5.74, 6) is -1.37. The lowest BCUT2D eigenvalue weighted by atomic mass is 9.92. The number of hydrogen-bond donors (Lipinski definition) is 3. The van der Waals surface area contributed by atoms with E-state index in [9.17, 15) is 24.2 Å². The third-order valence-electron chi connectivity index (χ3n) is 8.29. The van der Waals surface area contributed by atoms with Crippen LogP contribution in [0.4, 0.5) is 8.78 Å². The Morgan fingerprint density at radius 3 is 2.79 bits per heavy atom. The van der Waals surface area contributed by atoms with Crippen LogP contribution in [-0.4, -0.2) is 93.5 Å². The summed E-state index contributed by atoms with van der Waals surface area (Å²) in [5, 5.41) is 25.1. The van der Waals surface area contributed by atoms with Gasteiger partial charge < -0.3 is 25.2 Å². The molecule has 2 saturated heterocycles. The predicted octanol–water partition coefficient (Wildman–Crippen LogP) is 2.46. The minimum absolute atomic E-state index is 0.0314. The quantitative estimate of drug-likeness (QED) is 0.295. The molecule has 2 fully saturated rings. The van der Waals surface area contributed by atoms with Crippen LogP contribution in [0.1, 0.15) is 49.4 Å². The molecule has 5 rings (SSSR count). The van der Waals surface area contributed by atoms with E-state index in [1.54, 1.807) is 51.4 Å². The van der Waals surface area contributed by atoms with Crippen molar-refractivity contribution in [3.8, 4) is 0 Å². The number of benzene rings is 1. The van der Waals surface area contributed by atoms with Crippen molar-refractivity contribution in [1.29, 1.82) is 0 Å². The minimum Gasteiger partial charge on any atom is -0.463 e. The van der Waals surface area contributed by atoms with Gasteiger partial charge in [-0.25, -0.2) is 18.6 Å². The van der Waals surface area contributed by atoms with Crippen molar-refractivity contribution in [2.45, 2.75) is 58.2 Å². The molecule has 0 bridgehead atoms. The number of nitrogens with zero attached hydrogens (tertiary/aromatic N) is 4. The van der Waals surface area contributed by atoms with Crippen LogP contribution in [0.5, 0.6) is 0 Å². The van der Waals surface area contributed by atoms with E-state index in [2.05, 4.69) is 10.3 Å². The lowest BCUT2D eigenvalue weighted by molar-refractivity contribution is -0.148. The van der Waals surface area contributed by atoms with E-state index in [1.807, 2.05) is 4.90 Å². The number of carbonyl (C=O) groups excluding carboxylic acids is 2. The van der Waals surface area contributed by atoms with E-state index < -0.39 is 47.2 Å². The molecule has 226 valence electrons. The fraction of sp³-hybridized carbons (Fsp3) is 0.517. The van der Waals surface area contributed by atoms with Crippen molar-refractivity contribution in [1.82, 2.24) is 20.1 Å². The Morgan fingerprint density at radius 1 is 1.36 bits per heavy atom. The Hall–Kier alpha value is -3.26. The van der Waals surface area contributed by atoms with Gasteiger partial charge in [0.15, 0.2) is 17.1 Å². The maximum atomic E-state index is 16.3. The molecular weight excluding hydrogens is 568 g/mol. The molecule has 1 amide bonds. The molecule has 0 saturated carbocycles. The molecule has 10 nitrogen and oxygen atoms in total. The molecule has 42 heavy (non-hydrogen) atoms. The highest BCUT2D eigenvalue weighted by Gasteiger charge is 2.61. The summed E-state index contributed by atoms with van der Waals surface area (Å²) >= 11 is 1.34. The highest BCUT2D eigenvalue weighted by atomic mass is 32.1. The van der Waals surface area contributed by atoms with E-state index in [4.69, 9.17) is 9.73 Å². The number of nitrogens with one attached hydrogen (secondary N) is 1. The lowest BCUT2D eigenvalue weighted by Gasteiger charge is -2.33. The monoisotopic (exact) mass is 603 g/mol. The maximum Gasteiger partial charge on any atom is 0.338 e. The molecule has 3 aliphatic rings. The topological polar surface area (TPSA) is 128 Å². The number of rotatable bonds is 9. The molecule has 0 spiro atoms. The Morgan fingerprint density at radius 2 is 2.12 bits per heavy atom. The summed E-state index contributed by atoms with van der Waals surface area (Å²) in [6, 6.07) is 2.86. The number of ether oxygens (including phenoxy) is 1. The second kappa shape index (κ2) is 11.4.